The molecule has 0 saturated carbocycles. The maximum Gasteiger partial charge on any atom is 0.342 e. The van der Waals surface area contributed by atoms with Gasteiger partial charge in [0.2, 0.25) is 0 Å². The van der Waals surface area contributed by atoms with Gasteiger partial charge in [-0.1, -0.05) is 49.9 Å². The Morgan fingerprint density at radius 3 is 2.13 bits per heavy atom. The molecule has 0 fully saturated rings. The predicted molar refractivity (Wildman–Crippen MR) is 201 cm³/mol. The van der Waals surface area contributed by atoms with Crippen LogP contribution >= 0.6 is 0 Å². The van der Waals surface area contributed by atoms with Gasteiger partial charge in [0.15, 0.2) is 0 Å². The van der Waals surface area contributed by atoms with E-state index in [1.54, 1.807) is 30.6 Å². The van der Waals surface area contributed by atoms with Crippen LogP contribution in [0.25, 0.3) is 10.8 Å². The molecule has 11 heteroatoms. The highest BCUT2D eigenvalue weighted by Gasteiger charge is 2.17. The molecule has 0 radical (unpaired) electrons. The molecule has 52 heavy (non-hydrogen) atoms. The van der Waals surface area contributed by atoms with E-state index in [0.717, 1.165) is 65.3 Å². The summed E-state index contributed by atoms with van der Waals surface area (Å²) in [6.07, 6.45) is 8.19. The van der Waals surface area contributed by atoms with Gasteiger partial charge in [-0.2, -0.15) is 10.2 Å². The Labute approximate surface area is 304 Å². The third kappa shape index (κ3) is 12.4. The molecule has 1 atom stereocenters. The molecule has 0 amide bonds. The van der Waals surface area contributed by atoms with E-state index in [0.29, 0.717) is 43.3 Å². The zero-order valence-electron chi connectivity index (χ0n) is 29.7. The van der Waals surface area contributed by atoms with Crippen LogP contribution in [0.4, 0.5) is 0 Å². The lowest BCUT2D eigenvalue weighted by molar-refractivity contribution is -0.270. The number of ether oxygens (including phenoxy) is 5. The van der Waals surface area contributed by atoms with E-state index in [2.05, 4.69) is 16.8 Å². The van der Waals surface area contributed by atoms with Crippen molar-refractivity contribution in [2.75, 3.05) is 40.1 Å². The summed E-state index contributed by atoms with van der Waals surface area (Å²) in [4.78, 5) is 28.6. The van der Waals surface area contributed by atoms with Gasteiger partial charge in [-0.05, 0) is 108 Å². The van der Waals surface area contributed by atoms with Gasteiger partial charge in [-0.25, -0.2) is 14.5 Å². The molecule has 0 saturated heterocycles. The van der Waals surface area contributed by atoms with Crippen LogP contribution in [0.5, 0.6) is 11.5 Å². The number of unbranched alkanes of at least 4 members (excludes halogenated alkanes) is 3. The van der Waals surface area contributed by atoms with Gasteiger partial charge < -0.3 is 23.7 Å². The molecule has 0 bridgehead atoms. The summed E-state index contributed by atoms with van der Waals surface area (Å²) in [5.74, 6) is 0.240. The number of hydrogen-bond acceptors (Lipinski definition) is 11. The number of nitrogens with zero attached hydrogens (tertiary/aromatic N) is 2. The first-order chi connectivity index (χ1) is 25.4. The lowest BCUT2D eigenvalue weighted by Gasteiger charge is -2.16. The first-order valence-corrected chi connectivity index (χ1v) is 17.3. The molecule has 0 aliphatic carbocycles. The van der Waals surface area contributed by atoms with Gasteiger partial charge in [0.1, 0.15) is 29.8 Å². The zero-order valence-corrected chi connectivity index (χ0v) is 29.7. The minimum atomic E-state index is -0.677. The number of rotatable bonds is 22. The van der Waals surface area contributed by atoms with E-state index in [1.807, 2.05) is 67.6 Å². The first-order valence-electron chi connectivity index (χ1n) is 17.3. The highest BCUT2D eigenvalue weighted by molar-refractivity contribution is 5.95. The van der Waals surface area contributed by atoms with Gasteiger partial charge >= 0.3 is 11.9 Å². The molecule has 0 spiro atoms. The fourth-order valence-electron chi connectivity index (χ4n) is 5.24. The van der Waals surface area contributed by atoms with Crippen LogP contribution in [0.3, 0.4) is 0 Å². The van der Waals surface area contributed by atoms with Crippen molar-refractivity contribution in [1.82, 2.24) is 0 Å². The lowest BCUT2D eigenvalue weighted by Crippen LogP contribution is -2.12. The summed E-state index contributed by atoms with van der Waals surface area (Å²) in [5, 5.41) is 20.1. The number of hydrogen-bond donors (Lipinski definition) is 1. The van der Waals surface area contributed by atoms with Crippen LogP contribution in [0.2, 0.25) is 0 Å². The summed E-state index contributed by atoms with van der Waals surface area (Å²) in [5.41, 5.74) is 3.38. The Kier molecular flexibility index (Phi) is 16.5. The van der Waals surface area contributed by atoms with Gasteiger partial charge in [0.05, 0.1) is 39.4 Å². The number of fused-ring (bicyclic) bond motifs is 1. The highest BCUT2D eigenvalue weighted by atomic mass is 17.1. The summed E-state index contributed by atoms with van der Waals surface area (Å²) in [6.45, 7) is 7.47. The molecular weight excluding hydrogens is 664 g/mol. The summed E-state index contributed by atoms with van der Waals surface area (Å²) in [7, 11) is 1.50. The largest absolute Gasteiger partial charge is 0.496 e. The standard InChI is InChI=1S/C41H46N2O9/c1-4-20-48-23-24-51-41(45)37-26-31(11-19-38(37)47-3)29-43-42-28-30-10-12-34-27-35(14-13-33(34)25-30)40(52-46)32-15-17-36(18-16-32)49-21-8-6-7-9-22-50-39(44)5-2/h5,10-19,25-29,40,46H,2,4,6-9,20-24H2,1,3H3/b42-28-,43-29-. The molecule has 1 N–H and O–H groups in total. The molecule has 0 heterocycles. The number of methoxy groups -OCH3 is 1. The second-order valence-electron chi connectivity index (χ2n) is 11.8. The van der Waals surface area contributed by atoms with E-state index in [4.69, 9.17) is 28.6 Å². The van der Waals surface area contributed by atoms with Gasteiger partial charge in [0.25, 0.3) is 0 Å². The van der Waals surface area contributed by atoms with Crippen molar-refractivity contribution in [3.8, 4) is 11.5 Å². The minimum Gasteiger partial charge on any atom is -0.496 e. The number of carbonyl (C=O) groups excluding carboxylic acids is 2. The molecule has 4 rings (SSSR count). The SMILES string of the molecule is C=CC(=O)OCCCCCCOc1ccc(C(OO)c2ccc3cc(/C=N\N=C/c4ccc(OC)c(C(=O)OCCOCCC)c4)ccc3c2)cc1. The Bertz CT molecular complexity index is 1800. The predicted octanol–water partition coefficient (Wildman–Crippen LogP) is 8.13. The van der Waals surface area contributed by atoms with E-state index >= 15 is 0 Å². The summed E-state index contributed by atoms with van der Waals surface area (Å²) in [6, 6.07) is 24.3. The monoisotopic (exact) mass is 710 g/mol. The van der Waals surface area contributed by atoms with Crippen LogP contribution in [0.15, 0.2) is 102 Å². The fraction of sp³-hybridized carbons (Fsp3) is 0.317. The van der Waals surface area contributed by atoms with Crippen molar-refractivity contribution in [2.45, 2.75) is 45.1 Å². The maximum absolute atomic E-state index is 12.6. The normalized spacial score (nSPS) is 11.9. The Morgan fingerprint density at radius 1 is 0.750 bits per heavy atom. The van der Waals surface area contributed by atoms with Crippen LogP contribution in [-0.2, 0) is 23.9 Å². The molecule has 0 aliphatic rings. The molecule has 274 valence electrons. The van der Waals surface area contributed by atoms with Gasteiger partial charge in [0, 0.05) is 12.7 Å². The second-order valence-corrected chi connectivity index (χ2v) is 11.8. The van der Waals surface area contributed by atoms with Crippen LogP contribution < -0.4 is 9.47 Å². The van der Waals surface area contributed by atoms with E-state index in [9.17, 15) is 14.8 Å². The van der Waals surface area contributed by atoms with Crippen LogP contribution in [-0.4, -0.2) is 69.8 Å². The zero-order chi connectivity index (χ0) is 37.0. The molecule has 0 aliphatic heterocycles. The number of esters is 2. The van der Waals surface area contributed by atoms with Gasteiger partial charge in [-0.15, -0.1) is 0 Å². The fourth-order valence-corrected chi connectivity index (χ4v) is 5.24. The van der Waals surface area contributed by atoms with Crippen molar-refractivity contribution in [1.29, 1.82) is 0 Å². The van der Waals surface area contributed by atoms with Crippen molar-refractivity contribution >= 4 is 35.1 Å². The average molecular weight is 711 g/mol. The topological polar surface area (TPSA) is 134 Å². The average Bonchev–Trinajstić information content (AvgIpc) is 3.18. The minimum absolute atomic E-state index is 0.154. The number of benzene rings is 4. The Hall–Kier alpha value is -5.36. The van der Waals surface area contributed by atoms with Crippen LogP contribution in [0, 0.1) is 0 Å². The van der Waals surface area contributed by atoms with E-state index < -0.39 is 18.0 Å². The quantitative estimate of drug-likeness (QED) is 0.0214. The summed E-state index contributed by atoms with van der Waals surface area (Å²) >= 11 is 0. The Morgan fingerprint density at radius 2 is 1.42 bits per heavy atom. The molecule has 1 unspecified atom stereocenters. The van der Waals surface area contributed by atoms with Crippen molar-refractivity contribution in [3.05, 3.63) is 119 Å². The first kappa shape index (κ1) is 39.4. The molecular formula is C41H46N2O9. The van der Waals surface area contributed by atoms with E-state index in [-0.39, 0.29) is 6.61 Å². The molecule has 11 nitrogen and oxygen atoms in total. The van der Waals surface area contributed by atoms with Crippen molar-refractivity contribution < 1.29 is 43.4 Å². The molecule has 4 aromatic carbocycles. The van der Waals surface area contributed by atoms with E-state index in [1.165, 1.54) is 13.2 Å². The maximum atomic E-state index is 12.6. The molecule has 0 aromatic heterocycles. The van der Waals surface area contributed by atoms with Crippen molar-refractivity contribution in [3.63, 3.8) is 0 Å². The highest BCUT2D eigenvalue weighted by Crippen LogP contribution is 2.30. The van der Waals surface area contributed by atoms with Crippen molar-refractivity contribution in [2.24, 2.45) is 10.2 Å². The second kappa shape index (κ2) is 21.8. The smallest absolute Gasteiger partial charge is 0.342 e. The number of carbonyl (C=O) groups is 2. The Balaban J connectivity index is 1.30. The lowest BCUT2D eigenvalue weighted by atomic mass is 9.97. The van der Waals surface area contributed by atoms with Gasteiger partial charge in [-0.3, -0.25) is 5.26 Å². The molecule has 4 aromatic rings. The summed E-state index contributed by atoms with van der Waals surface area (Å²) < 4.78 is 26.9. The third-order valence-electron chi connectivity index (χ3n) is 7.93. The van der Waals surface area contributed by atoms with Crippen LogP contribution in [0.1, 0.15) is 77.7 Å². The third-order valence-corrected chi connectivity index (χ3v) is 7.93.